The Bertz CT molecular complexity index is 610. The minimum Gasteiger partial charge on any atom is -0.306 e. The third kappa shape index (κ3) is 4.32. The molecule has 1 N–H and O–H groups in total. The van der Waals surface area contributed by atoms with Gasteiger partial charge in [0.2, 0.25) is 0 Å². The molecule has 0 heterocycles. The Labute approximate surface area is 130 Å². The van der Waals surface area contributed by atoms with Gasteiger partial charge in [0.05, 0.1) is 5.56 Å². The fourth-order valence-corrected chi connectivity index (χ4v) is 2.69. The van der Waals surface area contributed by atoms with E-state index in [1.165, 1.54) is 12.1 Å². The zero-order valence-corrected chi connectivity index (χ0v) is 13.0. The summed E-state index contributed by atoms with van der Waals surface area (Å²) in [6.45, 7) is 2.36. The minimum atomic E-state index is -4.30. The van der Waals surface area contributed by atoms with Crippen LogP contribution in [0.25, 0.3) is 0 Å². The van der Waals surface area contributed by atoms with E-state index in [1.54, 1.807) is 6.07 Å². The summed E-state index contributed by atoms with van der Waals surface area (Å²) < 4.78 is 39.0. The van der Waals surface area contributed by atoms with Crippen LogP contribution in [0.5, 0.6) is 0 Å². The molecule has 0 amide bonds. The van der Waals surface area contributed by atoms with Gasteiger partial charge in [-0.25, -0.2) is 0 Å². The minimum absolute atomic E-state index is 0.0371. The second-order valence-corrected chi connectivity index (χ2v) is 5.68. The lowest BCUT2D eigenvalue weighted by Crippen LogP contribution is -2.18. The van der Waals surface area contributed by atoms with Gasteiger partial charge < -0.3 is 5.32 Å². The largest absolute Gasteiger partial charge is 0.416 e. The first kappa shape index (κ1) is 16.0. The second kappa shape index (κ2) is 6.62. The van der Waals surface area contributed by atoms with Crippen molar-refractivity contribution in [3.05, 3.63) is 69.7 Å². The van der Waals surface area contributed by atoms with Crippen molar-refractivity contribution in [1.29, 1.82) is 0 Å². The first-order chi connectivity index (χ1) is 9.88. The van der Waals surface area contributed by atoms with E-state index in [9.17, 15) is 13.2 Å². The smallest absolute Gasteiger partial charge is 0.306 e. The van der Waals surface area contributed by atoms with Crippen LogP contribution in [0.15, 0.2) is 53.0 Å². The molecule has 0 fully saturated rings. The summed E-state index contributed by atoms with van der Waals surface area (Å²) in [6, 6.07) is 13.2. The summed E-state index contributed by atoms with van der Waals surface area (Å²) in [5.41, 5.74) is 1.07. The van der Waals surface area contributed by atoms with Gasteiger partial charge in [0.25, 0.3) is 0 Å². The van der Waals surface area contributed by atoms with Gasteiger partial charge in [-0.05, 0) is 30.2 Å². The number of rotatable bonds is 4. The number of benzene rings is 2. The van der Waals surface area contributed by atoms with Crippen LogP contribution in [0.1, 0.15) is 29.7 Å². The van der Waals surface area contributed by atoms with Crippen LogP contribution in [0.4, 0.5) is 13.2 Å². The normalized spacial score (nSPS) is 13.2. The number of alkyl halides is 3. The van der Waals surface area contributed by atoms with E-state index in [-0.39, 0.29) is 6.04 Å². The third-order valence-corrected chi connectivity index (χ3v) is 3.96. The van der Waals surface area contributed by atoms with Crippen molar-refractivity contribution in [3.63, 3.8) is 0 Å². The summed E-state index contributed by atoms with van der Waals surface area (Å²) in [5.74, 6) is 0. The molecule has 0 aliphatic heterocycles. The average molecular weight is 358 g/mol. The Morgan fingerprint density at radius 3 is 2.48 bits per heavy atom. The summed E-state index contributed by atoms with van der Waals surface area (Å²) >= 11 is 3.47. The average Bonchev–Trinajstić information content (AvgIpc) is 2.45. The molecule has 0 aliphatic rings. The highest BCUT2D eigenvalue weighted by atomic mass is 79.9. The van der Waals surface area contributed by atoms with Gasteiger partial charge in [0.1, 0.15) is 0 Å². The number of nitrogens with one attached hydrogen (secondary N) is 1. The Balaban J connectivity index is 2.05. The predicted molar refractivity (Wildman–Crippen MR) is 80.8 cm³/mol. The molecule has 2 aromatic carbocycles. The van der Waals surface area contributed by atoms with Crippen LogP contribution >= 0.6 is 15.9 Å². The number of hydrogen-bond donors (Lipinski definition) is 1. The Kier molecular flexibility index (Phi) is 5.06. The van der Waals surface area contributed by atoms with E-state index in [0.717, 1.165) is 16.1 Å². The zero-order valence-electron chi connectivity index (χ0n) is 11.4. The Morgan fingerprint density at radius 1 is 1.10 bits per heavy atom. The third-order valence-electron chi connectivity index (χ3n) is 3.24. The Hall–Kier alpha value is -1.33. The quantitative estimate of drug-likeness (QED) is 0.780. The van der Waals surface area contributed by atoms with Crippen molar-refractivity contribution in [3.8, 4) is 0 Å². The lowest BCUT2D eigenvalue weighted by molar-refractivity contribution is -0.137. The maximum atomic E-state index is 12.7. The lowest BCUT2D eigenvalue weighted by atomic mass is 10.1. The van der Waals surface area contributed by atoms with Gasteiger partial charge in [0.15, 0.2) is 0 Å². The van der Waals surface area contributed by atoms with E-state index in [0.29, 0.717) is 12.1 Å². The van der Waals surface area contributed by atoms with Crippen molar-refractivity contribution in [1.82, 2.24) is 5.32 Å². The highest BCUT2D eigenvalue weighted by molar-refractivity contribution is 9.10. The highest BCUT2D eigenvalue weighted by Crippen LogP contribution is 2.29. The van der Waals surface area contributed by atoms with E-state index in [2.05, 4.69) is 21.2 Å². The molecule has 0 aromatic heterocycles. The van der Waals surface area contributed by atoms with Crippen LogP contribution < -0.4 is 5.32 Å². The van der Waals surface area contributed by atoms with Gasteiger partial charge in [-0.15, -0.1) is 0 Å². The fraction of sp³-hybridized carbons (Fsp3) is 0.250. The molecule has 0 bridgehead atoms. The first-order valence-electron chi connectivity index (χ1n) is 6.52. The molecule has 0 spiro atoms. The van der Waals surface area contributed by atoms with Crippen LogP contribution in [0.2, 0.25) is 0 Å². The molecule has 0 radical (unpaired) electrons. The molecule has 112 valence electrons. The summed E-state index contributed by atoms with van der Waals surface area (Å²) in [4.78, 5) is 0. The maximum absolute atomic E-state index is 12.7. The topological polar surface area (TPSA) is 12.0 Å². The number of halogens is 4. The van der Waals surface area contributed by atoms with Crippen molar-refractivity contribution < 1.29 is 13.2 Å². The molecule has 0 aliphatic carbocycles. The van der Waals surface area contributed by atoms with Gasteiger partial charge in [-0.3, -0.25) is 0 Å². The van der Waals surface area contributed by atoms with Gasteiger partial charge in [0, 0.05) is 17.1 Å². The van der Waals surface area contributed by atoms with Crippen molar-refractivity contribution in [2.75, 3.05) is 0 Å². The molecular weight excluding hydrogens is 343 g/mol. The first-order valence-corrected chi connectivity index (χ1v) is 7.31. The van der Waals surface area contributed by atoms with Gasteiger partial charge in [-0.1, -0.05) is 52.3 Å². The second-order valence-electron chi connectivity index (χ2n) is 4.82. The number of hydrogen-bond acceptors (Lipinski definition) is 1. The van der Waals surface area contributed by atoms with Gasteiger partial charge in [-0.2, -0.15) is 13.2 Å². The molecule has 5 heteroatoms. The van der Waals surface area contributed by atoms with E-state index < -0.39 is 11.7 Å². The Morgan fingerprint density at radius 2 is 1.81 bits per heavy atom. The van der Waals surface area contributed by atoms with Crippen LogP contribution in [-0.2, 0) is 12.7 Å². The molecule has 0 unspecified atom stereocenters. The SMILES string of the molecule is C[C@@H](NCc1cccc(C(F)(F)F)c1)c1ccccc1Br. The van der Waals surface area contributed by atoms with Crippen LogP contribution in [0.3, 0.4) is 0 Å². The summed E-state index contributed by atoms with van der Waals surface area (Å²) in [7, 11) is 0. The molecular formula is C16H15BrF3N. The van der Waals surface area contributed by atoms with Crippen molar-refractivity contribution in [2.24, 2.45) is 0 Å². The van der Waals surface area contributed by atoms with Crippen LogP contribution in [0, 0.1) is 0 Å². The van der Waals surface area contributed by atoms with E-state index in [1.807, 2.05) is 31.2 Å². The molecule has 1 atom stereocenters. The summed E-state index contributed by atoms with van der Waals surface area (Å²) in [6.07, 6.45) is -4.30. The molecule has 2 aromatic rings. The van der Waals surface area contributed by atoms with Crippen molar-refractivity contribution in [2.45, 2.75) is 25.7 Å². The maximum Gasteiger partial charge on any atom is 0.416 e. The standard InChI is InChI=1S/C16H15BrF3N/c1-11(14-7-2-3-8-15(14)17)21-10-12-5-4-6-13(9-12)16(18,19)20/h2-9,11,21H,10H2,1H3/t11-/m1/s1. The fourth-order valence-electron chi connectivity index (χ4n) is 2.06. The van der Waals surface area contributed by atoms with E-state index >= 15 is 0 Å². The summed E-state index contributed by atoms with van der Waals surface area (Å²) in [5, 5.41) is 3.24. The molecule has 0 saturated carbocycles. The lowest BCUT2D eigenvalue weighted by Gasteiger charge is -2.16. The predicted octanol–water partition coefficient (Wildman–Crippen LogP) is 5.32. The van der Waals surface area contributed by atoms with Gasteiger partial charge >= 0.3 is 6.18 Å². The van der Waals surface area contributed by atoms with E-state index in [4.69, 9.17) is 0 Å². The molecule has 1 nitrogen and oxygen atoms in total. The monoisotopic (exact) mass is 357 g/mol. The molecule has 2 rings (SSSR count). The highest BCUT2D eigenvalue weighted by Gasteiger charge is 2.30. The molecule has 0 saturated heterocycles. The van der Waals surface area contributed by atoms with Crippen molar-refractivity contribution >= 4 is 15.9 Å². The zero-order chi connectivity index (χ0) is 15.5. The van der Waals surface area contributed by atoms with Crippen LogP contribution in [-0.4, -0.2) is 0 Å². The molecule has 21 heavy (non-hydrogen) atoms.